The molecular formula is C14H14N2O5S. The molecule has 2 aromatic rings. The highest BCUT2D eigenvalue weighted by atomic mass is 32.2. The third-order valence-electron chi connectivity index (χ3n) is 2.80. The molecule has 0 spiro atoms. The van der Waals surface area contributed by atoms with Gasteiger partial charge in [0.1, 0.15) is 5.56 Å². The third-order valence-corrected chi connectivity index (χ3v) is 3.82. The van der Waals surface area contributed by atoms with Gasteiger partial charge in [-0.3, -0.25) is 10.1 Å². The minimum absolute atomic E-state index is 0.0254. The van der Waals surface area contributed by atoms with Gasteiger partial charge in [-0.25, -0.2) is 4.79 Å². The van der Waals surface area contributed by atoms with Gasteiger partial charge in [0.05, 0.1) is 17.2 Å². The zero-order chi connectivity index (χ0) is 16.1. The Morgan fingerprint density at radius 2 is 2.27 bits per heavy atom. The molecule has 116 valence electrons. The quantitative estimate of drug-likeness (QED) is 0.348. The smallest absolute Gasteiger partial charge is 0.344 e. The molecule has 0 amide bonds. The molecule has 1 aromatic carbocycles. The van der Waals surface area contributed by atoms with Crippen molar-refractivity contribution in [1.29, 1.82) is 0 Å². The summed E-state index contributed by atoms with van der Waals surface area (Å²) in [5.74, 6) is -0.0642. The Balaban J connectivity index is 2.14. The summed E-state index contributed by atoms with van der Waals surface area (Å²) >= 11 is 1.24. The summed E-state index contributed by atoms with van der Waals surface area (Å²) in [5, 5.41) is 14.9. The molecule has 0 fully saturated rings. The van der Waals surface area contributed by atoms with Crippen LogP contribution >= 0.6 is 11.8 Å². The van der Waals surface area contributed by atoms with Crippen LogP contribution in [-0.4, -0.2) is 22.7 Å². The van der Waals surface area contributed by atoms with Crippen LogP contribution in [0.4, 0.5) is 5.69 Å². The highest BCUT2D eigenvalue weighted by Crippen LogP contribution is 2.29. The number of ether oxygens (including phenoxy) is 1. The van der Waals surface area contributed by atoms with Gasteiger partial charge in [-0.15, -0.1) is 0 Å². The van der Waals surface area contributed by atoms with Crippen molar-refractivity contribution in [3.8, 4) is 0 Å². The number of nitrogens with zero attached hydrogens (tertiary/aromatic N) is 2. The van der Waals surface area contributed by atoms with Crippen LogP contribution in [0, 0.1) is 17.0 Å². The molecule has 0 aliphatic carbocycles. The van der Waals surface area contributed by atoms with Gasteiger partial charge < -0.3 is 9.26 Å². The van der Waals surface area contributed by atoms with Crippen LogP contribution < -0.4 is 0 Å². The lowest BCUT2D eigenvalue weighted by atomic mass is 10.2. The first-order chi connectivity index (χ1) is 10.5. The van der Waals surface area contributed by atoms with E-state index in [4.69, 9.17) is 9.26 Å². The van der Waals surface area contributed by atoms with Crippen molar-refractivity contribution in [3.05, 3.63) is 51.2 Å². The van der Waals surface area contributed by atoms with Crippen molar-refractivity contribution in [2.75, 3.05) is 6.61 Å². The first-order valence-electron chi connectivity index (χ1n) is 6.52. The second-order valence-electron chi connectivity index (χ2n) is 4.37. The Bertz CT molecular complexity index is 698. The number of hydrogen-bond donors (Lipinski definition) is 0. The van der Waals surface area contributed by atoms with Crippen LogP contribution in [0.2, 0.25) is 0 Å². The number of nitro benzene ring substituents is 1. The number of thioether (sulfide) groups is 1. The van der Waals surface area contributed by atoms with Gasteiger partial charge in [0.2, 0.25) is 5.09 Å². The summed E-state index contributed by atoms with van der Waals surface area (Å²) in [5.41, 5.74) is 1.54. The number of nitro groups is 1. The number of non-ortho nitro benzene ring substituents is 1. The maximum Gasteiger partial charge on any atom is 0.344 e. The van der Waals surface area contributed by atoms with Crippen LogP contribution in [0.1, 0.15) is 28.5 Å². The predicted octanol–water partition coefficient (Wildman–Crippen LogP) is 3.36. The fourth-order valence-electron chi connectivity index (χ4n) is 1.79. The zero-order valence-corrected chi connectivity index (χ0v) is 12.9. The average Bonchev–Trinajstić information content (AvgIpc) is 2.86. The fourth-order valence-corrected chi connectivity index (χ4v) is 2.73. The molecule has 0 aliphatic heterocycles. The van der Waals surface area contributed by atoms with Crippen LogP contribution in [0.15, 0.2) is 33.9 Å². The molecule has 1 heterocycles. The lowest BCUT2D eigenvalue weighted by molar-refractivity contribution is -0.384. The summed E-state index contributed by atoms with van der Waals surface area (Å²) < 4.78 is 10.1. The van der Waals surface area contributed by atoms with E-state index in [0.29, 0.717) is 22.1 Å². The Labute approximate surface area is 130 Å². The lowest BCUT2D eigenvalue weighted by Crippen LogP contribution is -2.06. The molecule has 2 rings (SSSR count). The Kier molecular flexibility index (Phi) is 5.16. The highest BCUT2D eigenvalue weighted by molar-refractivity contribution is 7.98. The standard InChI is InChI=1S/C14H14N2O5S/c1-3-20-13(17)12-9(2)15-21-14(12)22-8-10-5-4-6-11(7-10)16(18)19/h4-7H,3,8H2,1-2H3. The van der Waals surface area contributed by atoms with E-state index in [2.05, 4.69) is 5.16 Å². The number of rotatable bonds is 6. The molecule has 22 heavy (non-hydrogen) atoms. The van der Waals surface area contributed by atoms with Gasteiger partial charge >= 0.3 is 5.97 Å². The number of carbonyl (C=O) groups is 1. The van der Waals surface area contributed by atoms with E-state index >= 15 is 0 Å². The van der Waals surface area contributed by atoms with Crippen LogP contribution in [0.25, 0.3) is 0 Å². The number of aryl methyl sites for hydroxylation is 1. The molecule has 7 nitrogen and oxygen atoms in total. The summed E-state index contributed by atoms with van der Waals surface area (Å²) in [6, 6.07) is 6.30. The molecule has 8 heteroatoms. The fraction of sp³-hybridized carbons (Fsp3) is 0.286. The number of aromatic nitrogens is 1. The second kappa shape index (κ2) is 7.08. The zero-order valence-electron chi connectivity index (χ0n) is 12.1. The molecule has 1 aromatic heterocycles. The van der Waals surface area contributed by atoms with Crippen LogP contribution in [0.3, 0.4) is 0 Å². The maximum absolute atomic E-state index is 11.9. The van der Waals surface area contributed by atoms with Gasteiger partial charge in [-0.1, -0.05) is 29.1 Å². The van der Waals surface area contributed by atoms with E-state index in [-0.39, 0.29) is 12.3 Å². The molecule has 0 aliphatic rings. The van der Waals surface area contributed by atoms with Crippen LogP contribution in [0.5, 0.6) is 0 Å². The number of carbonyl (C=O) groups excluding carboxylic acids is 1. The van der Waals surface area contributed by atoms with E-state index in [0.717, 1.165) is 5.56 Å². The molecule has 0 atom stereocenters. The van der Waals surface area contributed by atoms with Crippen molar-refractivity contribution in [1.82, 2.24) is 5.16 Å². The molecule has 0 unspecified atom stereocenters. The number of hydrogen-bond acceptors (Lipinski definition) is 7. The molecule has 0 radical (unpaired) electrons. The minimum Gasteiger partial charge on any atom is -0.462 e. The minimum atomic E-state index is -0.484. The number of esters is 1. The second-order valence-corrected chi connectivity index (χ2v) is 5.31. The topological polar surface area (TPSA) is 95.5 Å². The Morgan fingerprint density at radius 3 is 2.95 bits per heavy atom. The molecule has 0 bridgehead atoms. The van der Waals surface area contributed by atoms with E-state index in [9.17, 15) is 14.9 Å². The molecule has 0 saturated carbocycles. The summed E-state index contributed by atoms with van der Waals surface area (Å²) in [6.07, 6.45) is 0. The molecular weight excluding hydrogens is 308 g/mol. The van der Waals surface area contributed by atoms with E-state index < -0.39 is 10.9 Å². The summed E-state index contributed by atoms with van der Waals surface area (Å²) in [7, 11) is 0. The van der Waals surface area contributed by atoms with E-state index in [1.165, 1.54) is 23.9 Å². The first-order valence-corrected chi connectivity index (χ1v) is 7.51. The van der Waals surface area contributed by atoms with Crippen molar-refractivity contribution >= 4 is 23.4 Å². The average molecular weight is 322 g/mol. The normalized spacial score (nSPS) is 10.5. The Hall–Kier alpha value is -2.35. The van der Waals surface area contributed by atoms with Gasteiger partial charge in [-0.05, 0) is 19.4 Å². The lowest BCUT2D eigenvalue weighted by Gasteiger charge is -2.03. The maximum atomic E-state index is 11.9. The molecule has 0 N–H and O–H groups in total. The SMILES string of the molecule is CCOC(=O)c1c(C)noc1SCc1cccc([N+](=O)[O-])c1. The van der Waals surface area contributed by atoms with Gasteiger partial charge in [0.15, 0.2) is 0 Å². The van der Waals surface area contributed by atoms with Crippen molar-refractivity contribution in [2.45, 2.75) is 24.7 Å². The predicted molar refractivity (Wildman–Crippen MR) is 79.9 cm³/mol. The van der Waals surface area contributed by atoms with Gasteiger partial charge in [0, 0.05) is 17.9 Å². The van der Waals surface area contributed by atoms with Crippen molar-refractivity contribution in [2.24, 2.45) is 0 Å². The largest absolute Gasteiger partial charge is 0.462 e. The van der Waals surface area contributed by atoms with Crippen molar-refractivity contribution < 1.29 is 19.0 Å². The third kappa shape index (κ3) is 3.64. The Morgan fingerprint density at radius 1 is 1.50 bits per heavy atom. The molecule has 0 saturated heterocycles. The van der Waals surface area contributed by atoms with Gasteiger partial charge in [-0.2, -0.15) is 0 Å². The van der Waals surface area contributed by atoms with Crippen molar-refractivity contribution in [3.63, 3.8) is 0 Å². The van der Waals surface area contributed by atoms with Crippen LogP contribution in [-0.2, 0) is 10.5 Å². The van der Waals surface area contributed by atoms with E-state index in [1.54, 1.807) is 26.0 Å². The van der Waals surface area contributed by atoms with E-state index in [1.807, 2.05) is 0 Å². The van der Waals surface area contributed by atoms with Gasteiger partial charge in [0.25, 0.3) is 5.69 Å². The first kappa shape index (κ1) is 16.0. The monoisotopic (exact) mass is 322 g/mol. The summed E-state index contributed by atoms with van der Waals surface area (Å²) in [4.78, 5) is 22.2. The number of benzene rings is 1. The summed E-state index contributed by atoms with van der Waals surface area (Å²) in [6.45, 7) is 3.64. The highest BCUT2D eigenvalue weighted by Gasteiger charge is 2.22.